The Morgan fingerprint density at radius 1 is 1.44 bits per heavy atom. The van der Waals surface area contributed by atoms with E-state index >= 15 is 0 Å². The highest BCUT2D eigenvalue weighted by Gasteiger charge is 2.35. The van der Waals surface area contributed by atoms with Gasteiger partial charge in [-0.25, -0.2) is 0 Å². The van der Waals surface area contributed by atoms with Crippen molar-refractivity contribution >= 4 is 27.5 Å². The lowest BCUT2D eigenvalue weighted by atomic mass is 10.0. The van der Waals surface area contributed by atoms with E-state index in [-0.39, 0.29) is 11.8 Å². The summed E-state index contributed by atoms with van der Waals surface area (Å²) in [6, 6.07) is 4.08. The molecule has 3 nitrogen and oxygen atoms in total. The number of halogens is 1. The molecule has 1 aromatic rings. The number of fused-ring (bicyclic) bond motifs is 1. The number of nitrogens with zero attached hydrogens (tertiary/aromatic N) is 1. The lowest BCUT2D eigenvalue weighted by molar-refractivity contribution is -0.127. The fourth-order valence-corrected chi connectivity index (χ4v) is 2.70. The molecule has 1 atom stereocenters. The van der Waals surface area contributed by atoms with E-state index in [9.17, 15) is 4.79 Å². The van der Waals surface area contributed by atoms with Gasteiger partial charge in [0.05, 0.1) is 10.2 Å². The zero-order valence-corrected chi connectivity index (χ0v) is 12.7. The van der Waals surface area contributed by atoms with E-state index in [0.717, 1.165) is 22.3 Å². The first kappa shape index (κ1) is 13.4. The number of amides is 1. The van der Waals surface area contributed by atoms with Crippen molar-refractivity contribution in [1.82, 2.24) is 0 Å². The lowest BCUT2D eigenvalue weighted by Crippen LogP contribution is -2.46. The van der Waals surface area contributed by atoms with Crippen molar-refractivity contribution in [3.05, 3.63) is 22.2 Å². The van der Waals surface area contributed by atoms with Crippen molar-refractivity contribution in [2.24, 2.45) is 5.92 Å². The van der Waals surface area contributed by atoms with Gasteiger partial charge < -0.3 is 9.64 Å². The number of carbonyl (C=O) groups excluding carboxylic acids is 1. The van der Waals surface area contributed by atoms with Crippen LogP contribution in [0.15, 0.2) is 16.6 Å². The molecule has 0 spiro atoms. The summed E-state index contributed by atoms with van der Waals surface area (Å²) in [4.78, 5) is 13.9. The van der Waals surface area contributed by atoms with Gasteiger partial charge in [-0.2, -0.15) is 0 Å². The maximum absolute atomic E-state index is 12.2. The predicted octanol–water partition coefficient (Wildman–Crippen LogP) is 3.39. The van der Waals surface area contributed by atoms with Gasteiger partial charge in [0.25, 0.3) is 5.91 Å². The Kier molecular flexibility index (Phi) is 3.66. The van der Waals surface area contributed by atoms with E-state index in [2.05, 4.69) is 28.9 Å². The molecule has 1 aromatic carbocycles. The maximum atomic E-state index is 12.2. The Morgan fingerprint density at radius 2 is 2.11 bits per heavy atom. The highest BCUT2D eigenvalue weighted by molar-refractivity contribution is 9.10. The van der Waals surface area contributed by atoms with Crippen molar-refractivity contribution in [1.29, 1.82) is 0 Å². The number of carbonyl (C=O) groups is 1. The van der Waals surface area contributed by atoms with Gasteiger partial charge in [0.1, 0.15) is 0 Å². The third-order valence-electron chi connectivity index (χ3n) is 3.28. The van der Waals surface area contributed by atoms with Gasteiger partial charge in [-0.3, -0.25) is 4.79 Å². The van der Waals surface area contributed by atoms with Gasteiger partial charge in [-0.15, -0.1) is 0 Å². The fourth-order valence-electron chi connectivity index (χ4n) is 2.11. The number of rotatable bonds is 2. The van der Waals surface area contributed by atoms with E-state index in [1.54, 1.807) is 4.90 Å². The lowest BCUT2D eigenvalue weighted by Gasteiger charge is -2.34. The van der Waals surface area contributed by atoms with Crippen LogP contribution in [-0.2, 0) is 11.2 Å². The molecule has 98 valence electrons. The number of likely N-dealkylation sites (N-methyl/N-ethyl adjacent to an activating group) is 1. The molecule has 4 heteroatoms. The number of hydrogen-bond donors (Lipinski definition) is 0. The summed E-state index contributed by atoms with van der Waals surface area (Å²) in [5, 5.41) is 0. The zero-order chi connectivity index (χ0) is 13.4. The Balaban J connectivity index is 2.51. The minimum Gasteiger partial charge on any atom is -0.477 e. The number of benzene rings is 1. The first-order chi connectivity index (χ1) is 8.45. The Hall–Kier alpha value is -1.03. The summed E-state index contributed by atoms with van der Waals surface area (Å²) in [7, 11) is 1.81. The number of anilines is 1. The van der Waals surface area contributed by atoms with Gasteiger partial charge in [0.15, 0.2) is 11.9 Å². The molecule has 1 heterocycles. The molecule has 0 N–H and O–H groups in total. The topological polar surface area (TPSA) is 29.5 Å². The largest absolute Gasteiger partial charge is 0.477 e. The first-order valence-corrected chi connectivity index (χ1v) is 7.01. The predicted molar refractivity (Wildman–Crippen MR) is 76.2 cm³/mol. The van der Waals surface area contributed by atoms with Gasteiger partial charge in [0.2, 0.25) is 0 Å². The third kappa shape index (κ3) is 2.14. The van der Waals surface area contributed by atoms with Crippen molar-refractivity contribution < 1.29 is 9.53 Å². The number of aryl methyl sites for hydroxylation is 1. The zero-order valence-electron chi connectivity index (χ0n) is 11.2. The molecule has 0 saturated heterocycles. The number of hydrogen-bond acceptors (Lipinski definition) is 2. The monoisotopic (exact) mass is 311 g/mol. The van der Waals surface area contributed by atoms with Crippen LogP contribution in [0.2, 0.25) is 0 Å². The third-order valence-corrected chi connectivity index (χ3v) is 3.87. The van der Waals surface area contributed by atoms with Crippen LogP contribution in [0, 0.1) is 5.92 Å². The maximum Gasteiger partial charge on any atom is 0.268 e. The molecule has 2 rings (SSSR count). The summed E-state index contributed by atoms with van der Waals surface area (Å²) in [6.07, 6.45) is 0.535. The van der Waals surface area contributed by atoms with Crippen molar-refractivity contribution in [3.8, 4) is 5.75 Å². The molecule has 1 aliphatic heterocycles. The van der Waals surface area contributed by atoms with Gasteiger partial charge in [-0.05, 0) is 46.0 Å². The molecular weight excluding hydrogens is 294 g/mol. The Morgan fingerprint density at radius 3 is 2.67 bits per heavy atom. The van der Waals surface area contributed by atoms with Crippen LogP contribution in [0.5, 0.6) is 5.75 Å². The van der Waals surface area contributed by atoms with Gasteiger partial charge >= 0.3 is 0 Å². The van der Waals surface area contributed by atoms with Crippen LogP contribution in [0.25, 0.3) is 0 Å². The van der Waals surface area contributed by atoms with Crippen molar-refractivity contribution in [3.63, 3.8) is 0 Å². The number of ether oxygens (including phenoxy) is 1. The van der Waals surface area contributed by atoms with E-state index in [1.165, 1.54) is 5.56 Å². The quantitative estimate of drug-likeness (QED) is 0.838. The van der Waals surface area contributed by atoms with E-state index < -0.39 is 6.10 Å². The Labute approximate surface area is 116 Å². The molecular formula is C14H18BrNO2. The van der Waals surface area contributed by atoms with Crippen molar-refractivity contribution in [2.75, 3.05) is 11.9 Å². The van der Waals surface area contributed by atoms with Crippen molar-refractivity contribution in [2.45, 2.75) is 33.3 Å². The molecule has 0 bridgehead atoms. The van der Waals surface area contributed by atoms with Crippen LogP contribution < -0.4 is 9.64 Å². The second kappa shape index (κ2) is 4.92. The van der Waals surface area contributed by atoms with Gasteiger partial charge in [0, 0.05) is 7.05 Å². The molecule has 1 unspecified atom stereocenters. The molecule has 0 radical (unpaired) electrons. The van der Waals surface area contributed by atoms with Crippen LogP contribution in [0.1, 0.15) is 26.3 Å². The minimum atomic E-state index is -0.397. The molecule has 0 aliphatic carbocycles. The summed E-state index contributed by atoms with van der Waals surface area (Å²) < 4.78 is 6.79. The first-order valence-electron chi connectivity index (χ1n) is 6.22. The van der Waals surface area contributed by atoms with Crippen LogP contribution in [0.4, 0.5) is 5.69 Å². The summed E-state index contributed by atoms with van der Waals surface area (Å²) in [5.74, 6) is 0.955. The van der Waals surface area contributed by atoms with E-state index in [4.69, 9.17) is 4.74 Å². The standard InChI is InChI=1S/C14H18BrNO2/c1-5-9-6-10(15)13-11(7-9)16(4)14(17)12(18-13)8(2)3/h6-8,12H,5H2,1-4H3. The summed E-state index contributed by atoms with van der Waals surface area (Å²) in [5.41, 5.74) is 2.04. The molecule has 0 saturated carbocycles. The van der Waals surface area contributed by atoms with Gasteiger partial charge in [-0.1, -0.05) is 20.8 Å². The smallest absolute Gasteiger partial charge is 0.268 e. The second-order valence-electron chi connectivity index (χ2n) is 4.96. The highest BCUT2D eigenvalue weighted by atomic mass is 79.9. The molecule has 18 heavy (non-hydrogen) atoms. The average Bonchev–Trinajstić information content (AvgIpc) is 2.33. The SMILES string of the molecule is CCc1cc(Br)c2c(c1)N(C)C(=O)C(C(C)C)O2. The molecule has 0 aromatic heterocycles. The molecule has 1 amide bonds. The summed E-state index contributed by atoms with van der Waals surface area (Å²) in [6.45, 7) is 6.09. The molecule has 0 fully saturated rings. The van der Waals surface area contributed by atoms with E-state index in [0.29, 0.717) is 0 Å². The van der Waals surface area contributed by atoms with Crippen LogP contribution >= 0.6 is 15.9 Å². The normalized spacial score (nSPS) is 18.9. The molecule has 1 aliphatic rings. The fraction of sp³-hybridized carbons (Fsp3) is 0.500. The average molecular weight is 312 g/mol. The van der Waals surface area contributed by atoms with Crippen LogP contribution in [-0.4, -0.2) is 19.1 Å². The van der Waals surface area contributed by atoms with Crippen LogP contribution in [0.3, 0.4) is 0 Å². The van der Waals surface area contributed by atoms with E-state index in [1.807, 2.05) is 27.0 Å². The summed E-state index contributed by atoms with van der Waals surface area (Å²) >= 11 is 3.53. The Bertz CT molecular complexity index is 485. The minimum absolute atomic E-state index is 0.0256. The highest BCUT2D eigenvalue weighted by Crippen LogP contribution is 2.41. The second-order valence-corrected chi connectivity index (χ2v) is 5.81.